The molecule has 1 aromatic heterocycles. The van der Waals surface area contributed by atoms with Gasteiger partial charge in [-0.05, 0) is 6.26 Å². The third-order valence-electron chi connectivity index (χ3n) is 3.17. The van der Waals surface area contributed by atoms with Gasteiger partial charge < -0.3 is 20.0 Å². The average molecular weight is 483 g/mol. The second kappa shape index (κ2) is 11.6. The largest absolute Gasteiger partial charge is 0.443 e. The van der Waals surface area contributed by atoms with Crippen LogP contribution in [0, 0.1) is 0 Å². The predicted molar refractivity (Wildman–Crippen MR) is 115 cm³/mol. The van der Waals surface area contributed by atoms with Crippen LogP contribution < -0.4 is 10.6 Å². The number of aliphatic imine (C=N–C) groups is 1. The van der Waals surface area contributed by atoms with Gasteiger partial charge in [-0.3, -0.25) is 4.79 Å². The number of carbonyl (C=O) groups excluding carboxylic acids is 1. The molecule has 9 heteroatoms. The number of amides is 1. The highest BCUT2D eigenvalue weighted by Gasteiger charge is 2.19. The maximum absolute atomic E-state index is 11.7. The van der Waals surface area contributed by atoms with E-state index in [9.17, 15) is 4.79 Å². The molecule has 7 nitrogen and oxygen atoms in total. The number of oxazole rings is 1. The van der Waals surface area contributed by atoms with E-state index >= 15 is 0 Å². The molecule has 1 aromatic rings. The zero-order valence-corrected chi connectivity index (χ0v) is 19.0. The predicted octanol–water partition coefficient (Wildman–Crippen LogP) is 2.08. The van der Waals surface area contributed by atoms with Crippen molar-refractivity contribution >= 4 is 47.6 Å². The lowest BCUT2D eigenvalue weighted by Gasteiger charge is -2.14. The van der Waals surface area contributed by atoms with Gasteiger partial charge in [0.05, 0.1) is 12.7 Å². The number of thioether (sulfide) groups is 1. The zero-order valence-electron chi connectivity index (χ0n) is 15.9. The monoisotopic (exact) mass is 483 g/mol. The standard InChI is InChI=1S/C16H29N5O2S.HI/c1-16(2,3)12-9-18-13(23-12)10-19-15(17-7-8-24-6)20-11-14(22)21(4)5;/h9H,7-8,10-11H2,1-6H3,(H2,17,19,20);1H. The average Bonchev–Trinajstić information content (AvgIpc) is 2.98. The van der Waals surface area contributed by atoms with Gasteiger partial charge >= 0.3 is 0 Å². The smallest absolute Gasteiger partial charge is 0.243 e. The van der Waals surface area contributed by atoms with Gasteiger partial charge in [0.15, 0.2) is 5.96 Å². The van der Waals surface area contributed by atoms with Crippen molar-refractivity contribution in [3.63, 3.8) is 0 Å². The molecule has 0 aliphatic rings. The second-order valence-electron chi connectivity index (χ2n) is 6.59. The number of nitrogens with zero attached hydrogens (tertiary/aromatic N) is 3. The minimum atomic E-state index is -0.0725. The summed E-state index contributed by atoms with van der Waals surface area (Å²) in [7, 11) is 3.43. The van der Waals surface area contributed by atoms with Gasteiger partial charge in [0.25, 0.3) is 0 Å². The summed E-state index contributed by atoms with van der Waals surface area (Å²) < 4.78 is 5.75. The molecule has 0 saturated heterocycles. The molecular weight excluding hydrogens is 453 g/mol. The Balaban J connectivity index is 0.00000576. The molecule has 0 fully saturated rings. The molecule has 1 heterocycles. The van der Waals surface area contributed by atoms with Crippen LogP contribution >= 0.6 is 35.7 Å². The minimum Gasteiger partial charge on any atom is -0.443 e. The van der Waals surface area contributed by atoms with Crippen LogP contribution in [0.25, 0.3) is 0 Å². The van der Waals surface area contributed by atoms with E-state index in [0.717, 1.165) is 18.1 Å². The molecule has 0 spiro atoms. The second-order valence-corrected chi connectivity index (χ2v) is 7.58. The Morgan fingerprint density at radius 2 is 2.04 bits per heavy atom. The van der Waals surface area contributed by atoms with Crippen molar-refractivity contribution < 1.29 is 9.21 Å². The molecular formula is C16H30IN5O2S. The normalized spacial score (nSPS) is 11.7. The zero-order chi connectivity index (χ0) is 18.2. The van der Waals surface area contributed by atoms with Gasteiger partial charge in [-0.15, -0.1) is 24.0 Å². The highest BCUT2D eigenvalue weighted by Crippen LogP contribution is 2.22. The number of hydrogen-bond donors (Lipinski definition) is 2. The summed E-state index contributed by atoms with van der Waals surface area (Å²) >= 11 is 1.74. The van der Waals surface area contributed by atoms with Crippen LogP contribution in [-0.4, -0.2) is 60.9 Å². The number of aromatic nitrogens is 1. The van der Waals surface area contributed by atoms with Crippen LogP contribution in [0.3, 0.4) is 0 Å². The maximum atomic E-state index is 11.7. The van der Waals surface area contributed by atoms with Crippen LogP contribution in [0.4, 0.5) is 0 Å². The molecule has 0 aliphatic carbocycles. The van der Waals surface area contributed by atoms with E-state index in [2.05, 4.69) is 41.4 Å². The summed E-state index contributed by atoms with van der Waals surface area (Å²) in [5, 5.41) is 6.36. The van der Waals surface area contributed by atoms with Crippen molar-refractivity contribution in [2.75, 3.05) is 39.2 Å². The Kier molecular flexibility index (Phi) is 11.2. The molecule has 1 rings (SSSR count). The lowest BCUT2D eigenvalue weighted by Crippen LogP contribution is -2.39. The van der Waals surface area contributed by atoms with Crippen molar-refractivity contribution in [2.24, 2.45) is 4.99 Å². The Morgan fingerprint density at radius 3 is 2.56 bits per heavy atom. The molecule has 0 aromatic carbocycles. The third-order valence-corrected chi connectivity index (χ3v) is 3.78. The van der Waals surface area contributed by atoms with Crippen LogP contribution in [0.2, 0.25) is 0 Å². The molecule has 2 N–H and O–H groups in total. The summed E-state index contributed by atoms with van der Waals surface area (Å²) in [6.45, 7) is 7.51. The first-order valence-corrected chi connectivity index (χ1v) is 9.30. The van der Waals surface area contributed by atoms with Crippen LogP contribution in [0.15, 0.2) is 15.6 Å². The van der Waals surface area contributed by atoms with E-state index in [-0.39, 0.29) is 41.8 Å². The lowest BCUT2D eigenvalue weighted by molar-refractivity contribution is -0.127. The third kappa shape index (κ3) is 9.34. The van der Waals surface area contributed by atoms with E-state index in [1.807, 2.05) is 6.26 Å². The van der Waals surface area contributed by atoms with Gasteiger partial charge in [-0.2, -0.15) is 11.8 Å². The summed E-state index contributed by atoms with van der Waals surface area (Å²) in [6, 6.07) is 0. The van der Waals surface area contributed by atoms with Crippen LogP contribution in [-0.2, 0) is 16.8 Å². The minimum absolute atomic E-state index is 0. The van der Waals surface area contributed by atoms with Gasteiger partial charge in [0, 0.05) is 31.8 Å². The summed E-state index contributed by atoms with van der Waals surface area (Å²) in [6.07, 6.45) is 3.80. The number of hydrogen-bond acceptors (Lipinski definition) is 5. The topological polar surface area (TPSA) is 82.8 Å². The molecule has 25 heavy (non-hydrogen) atoms. The molecule has 1 amide bonds. The number of rotatable bonds is 7. The van der Waals surface area contributed by atoms with Crippen molar-refractivity contribution in [3.8, 4) is 0 Å². The quantitative estimate of drug-likeness (QED) is 0.268. The summed E-state index contributed by atoms with van der Waals surface area (Å²) in [5.41, 5.74) is -0.0725. The Hall–Kier alpha value is -0.970. The molecule has 0 radical (unpaired) electrons. The van der Waals surface area contributed by atoms with Crippen LogP contribution in [0.5, 0.6) is 0 Å². The Bertz CT molecular complexity index is 555. The fourth-order valence-electron chi connectivity index (χ4n) is 1.63. The molecule has 0 saturated carbocycles. The lowest BCUT2D eigenvalue weighted by atomic mass is 9.94. The van der Waals surface area contributed by atoms with Crippen LogP contribution in [0.1, 0.15) is 32.4 Å². The van der Waals surface area contributed by atoms with E-state index < -0.39 is 0 Å². The molecule has 0 atom stereocenters. The molecule has 0 aliphatic heterocycles. The van der Waals surface area contributed by atoms with Crippen molar-refractivity contribution in [1.29, 1.82) is 0 Å². The molecule has 0 bridgehead atoms. The number of likely N-dealkylation sites (N-methyl/N-ethyl adjacent to an activating group) is 1. The van der Waals surface area contributed by atoms with E-state index in [1.54, 1.807) is 32.1 Å². The Labute approximate surface area is 171 Å². The fourth-order valence-corrected chi connectivity index (χ4v) is 1.94. The Morgan fingerprint density at radius 1 is 1.36 bits per heavy atom. The number of guanidine groups is 1. The number of carbonyl (C=O) groups is 1. The first-order chi connectivity index (χ1) is 11.2. The first-order valence-electron chi connectivity index (χ1n) is 7.90. The summed E-state index contributed by atoms with van der Waals surface area (Å²) in [4.78, 5) is 21.8. The summed E-state index contributed by atoms with van der Waals surface area (Å²) in [5.74, 6) is 2.92. The first kappa shape index (κ1) is 24.0. The maximum Gasteiger partial charge on any atom is 0.243 e. The number of halogens is 1. The van der Waals surface area contributed by atoms with Gasteiger partial charge in [-0.25, -0.2) is 9.98 Å². The van der Waals surface area contributed by atoms with Crippen molar-refractivity contribution in [3.05, 3.63) is 17.8 Å². The van der Waals surface area contributed by atoms with Gasteiger partial charge in [0.2, 0.25) is 11.8 Å². The van der Waals surface area contributed by atoms with E-state index in [0.29, 0.717) is 18.4 Å². The highest BCUT2D eigenvalue weighted by atomic mass is 127. The van der Waals surface area contributed by atoms with E-state index in [4.69, 9.17) is 4.42 Å². The molecule has 0 unspecified atom stereocenters. The van der Waals surface area contributed by atoms with Gasteiger partial charge in [0.1, 0.15) is 12.3 Å². The molecule has 144 valence electrons. The fraction of sp³-hybridized carbons (Fsp3) is 0.688. The highest BCUT2D eigenvalue weighted by molar-refractivity contribution is 14.0. The number of nitrogens with one attached hydrogen (secondary N) is 2. The van der Waals surface area contributed by atoms with Gasteiger partial charge in [-0.1, -0.05) is 20.8 Å². The SMILES string of the molecule is CSCCNC(=NCC(=O)N(C)C)NCc1ncc(C(C)(C)C)o1.I. The van der Waals surface area contributed by atoms with Crippen molar-refractivity contribution in [1.82, 2.24) is 20.5 Å². The van der Waals surface area contributed by atoms with Crippen molar-refractivity contribution in [2.45, 2.75) is 32.7 Å². The van der Waals surface area contributed by atoms with E-state index in [1.165, 1.54) is 4.90 Å².